The van der Waals surface area contributed by atoms with Gasteiger partial charge >= 0.3 is 5.92 Å². The van der Waals surface area contributed by atoms with Crippen LogP contribution in [0.3, 0.4) is 0 Å². The molecule has 128 valence electrons. The molecule has 1 unspecified atom stereocenters. The Labute approximate surface area is 149 Å². The van der Waals surface area contributed by atoms with Gasteiger partial charge in [-0.15, -0.1) is 0 Å². The first-order valence-electron chi connectivity index (χ1n) is 7.31. The molecule has 3 aromatic rings. The highest BCUT2D eigenvalue weighted by Gasteiger charge is 2.68. The minimum Gasteiger partial charge on any atom is -0.435 e. The molecule has 5 nitrogen and oxygen atoms in total. The molecule has 1 aliphatic heterocycles. The van der Waals surface area contributed by atoms with Crippen LogP contribution < -0.4 is 4.90 Å². The van der Waals surface area contributed by atoms with Crippen molar-refractivity contribution in [3.8, 4) is 0 Å². The van der Waals surface area contributed by atoms with Crippen LogP contribution in [0.1, 0.15) is 11.5 Å². The predicted octanol–water partition coefficient (Wildman–Crippen LogP) is 3.55. The first kappa shape index (κ1) is 16.2. The van der Waals surface area contributed by atoms with E-state index in [2.05, 4.69) is 20.9 Å². The molecular formula is C17H11BrF2N2O3. The lowest BCUT2D eigenvalue weighted by molar-refractivity contribution is -0.204. The van der Waals surface area contributed by atoms with E-state index >= 15 is 8.78 Å². The molecule has 0 radical (unpaired) electrons. The van der Waals surface area contributed by atoms with Crippen molar-refractivity contribution in [2.45, 2.75) is 11.5 Å². The Morgan fingerprint density at radius 1 is 1.28 bits per heavy atom. The van der Waals surface area contributed by atoms with Crippen molar-refractivity contribution in [1.82, 2.24) is 4.98 Å². The molecule has 1 N–H and O–H groups in total. The van der Waals surface area contributed by atoms with E-state index in [0.717, 1.165) is 4.90 Å². The van der Waals surface area contributed by atoms with E-state index in [0.29, 0.717) is 4.47 Å². The Balaban J connectivity index is 1.95. The summed E-state index contributed by atoms with van der Waals surface area (Å²) in [5.74, 6) is -6.22. The number of para-hydroxylation sites is 2. The maximum absolute atomic E-state index is 15.2. The second kappa shape index (κ2) is 5.09. The first-order valence-corrected chi connectivity index (χ1v) is 8.10. The monoisotopic (exact) mass is 408 g/mol. The molecule has 0 aliphatic carbocycles. The first-order chi connectivity index (χ1) is 11.8. The Hall–Kier alpha value is -2.32. The Bertz CT molecular complexity index is 987. The minimum atomic E-state index is -4.07. The van der Waals surface area contributed by atoms with Crippen LogP contribution in [-0.2, 0) is 16.3 Å². The minimum absolute atomic E-state index is 0.147. The number of carbonyl (C=O) groups excluding carboxylic acids is 1. The van der Waals surface area contributed by atoms with Crippen LogP contribution in [0, 0.1) is 0 Å². The highest BCUT2D eigenvalue weighted by Crippen LogP contribution is 2.53. The van der Waals surface area contributed by atoms with Crippen LogP contribution in [0.2, 0.25) is 0 Å². The van der Waals surface area contributed by atoms with Crippen molar-refractivity contribution >= 4 is 38.6 Å². The van der Waals surface area contributed by atoms with Crippen molar-refractivity contribution in [3.05, 3.63) is 58.4 Å². The summed E-state index contributed by atoms with van der Waals surface area (Å²) in [4.78, 5) is 17.3. The van der Waals surface area contributed by atoms with E-state index in [-0.39, 0.29) is 22.4 Å². The van der Waals surface area contributed by atoms with E-state index in [1.54, 1.807) is 18.2 Å². The number of likely N-dealkylation sites (N-methyl/N-ethyl adjacent to an activating group) is 1. The van der Waals surface area contributed by atoms with Crippen molar-refractivity contribution in [2.75, 3.05) is 11.9 Å². The molecule has 1 aliphatic rings. The molecule has 4 rings (SSSR count). The summed E-state index contributed by atoms with van der Waals surface area (Å²) in [6.45, 7) is 0. The summed E-state index contributed by atoms with van der Waals surface area (Å²) in [6.07, 6.45) is 0. The topological polar surface area (TPSA) is 66.6 Å². The normalized spacial score (nSPS) is 20.4. The van der Waals surface area contributed by atoms with Crippen molar-refractivity contribution in [2.24, 2.45) is 0 Å². The fourth-order valence-electron chi connectivity index (χ4n) is 3.02. The van der Waals surface area contributed by atoms with Crippen molar-refractivity contribution in [3.63, 3.8) is 0 Å². The number of hydrogen-bond acceptors (Lipinski definition) is 4. The standard InChI is InChI=1S/C17H11BrF2N2O3/c1-22-12-7-6-9(18)8-10(12)16(24,15(22)23)17(19,20)14-21-11-4-2-3-5-13(11)25-14/h2-8,24H,1H3. The van der Waals surface area contributed by atoms with Gasteiger partial charge in [0.05, 0.1) is 5.69 Å². The number of rotatable bonds is 2. The third-order valence-corrected chi connectivity index (χ3v) is 4.83. The summed E-state index contributed by atoms with van der Waals surface area (Å²) in [5, 5.41) is 10.9. The van der Waals surface area contributed by atoms with Crippen LogP contribution in [0.25, 0.3) is 11.1 Å². The summed E-state index contributed by atoms with van der Waals surface area (Å²) in [5.41, 5.74) is -2.75. The van der Waals surface area contributed by atoms with Gasteiger partial charge in [0.25, 0.3) is 11.8 Å². The van der Waals surface area contributed by atoms with Gasteiger partial charge in [0, 0.05) is 17.1 Å². The zero-order valence-corrected chi connectivity index (χ0v) is 14.4. The molecule has 0 saturated heterocycles. The number of benzene rings is 2. The van der Waals surface area contributed by atoms with Crippen LogP contribution in [0.5, 0.6) is 0 Å². The van der Waals surface area contributed by atoms with Crippen LogP contribution in [0.15, 0.2) is 51.4 Å². The zero-order valence-electron chi connectivity index (χ0n) is 12.8. The van der Waals surface area contributed by atoms with Gasteiger partial charge in [-0.1, -0.05) is 28.1 Å². The number of aliphatic hydroxyl groups is 1. The van der Waals surface area contributed by atoms with Gasteiger partial charge in [-0.2, -0.15) is 8.78 Å². The molecule has 1 aromatic heterocycles. The zero-order chi connectivity index (χ0) is 18.0. The maximum atomic E-state index is 15.2. The van der Waals surface area contributed by atoms with Gasteiger partial charge in [-0.25, -0.2) is 4.98 Å². The number of amides is 1. The molecule has 0 saturated carbocycles. The van der Waals surface area contributed by atoms with E-state index in [4.69, 9.17) is 4.42 Å². The van der Waals surface area contributed by atoms with E-state index < -0.39 is 23.3 Å². The van der Waals surface area contributed by atoms with E-state index in [1.165, 1.54) is 31.3 Å². The second-order valence-corrected chi connectivity index (χ2v) is 6.71. The number of aromatic nitrogens is 1. The number of nitrogens with zero attached hydrogens (tertiary/aromatic N) is 2. The summed E-state index contributed by atoms with van der Waals surface area (Å²) < 4.78 is 36.1. The second-order valence-electron chi connectivity index (χ2n) is 5.80. The molecule has 2 aromatic carbocycles. The van der Waals surface area contributed by atoms with Gasteiger partial charge in [0.2, 0.25) is 5.60 Å². The number of alkyl halides is 2. The van der Waals surface area contributed by atoms with Crippen molar-refractivity contribution < 1.29 is 23.1 Å². The summed E-state index contributed by atoms with van der Waals surface area (Å²) in [6, 6.07) is 10.6. The molecule has 1 atom stereocenters. The van der Waals surface area contributed by atoms with Crippen LogP contribution >= 0.6 is 15.9 Å². The lowest BCUT2D eigenvalue weighted by Crippen LogP contribution is -2.50. The molecule has 1 amide bonds. The molecule has 0 bridgehead atoms. The van der Waals surface area contributed by atoms with Gasteiger partial charge < -0.3 is 14.4 Å². The van der Waals surface area contributed by atoms with Gasteiger partial charge in [0.1, 0.15) is 5.52 Å². The average Bonchev–Trinajstić information content (AvgIpc) is 3.11. The average molecular weight is 409 g/mol. The lowest BCUT2D eigenvalue weighted by Gasteiger charge is -2.28. The Morgan fingerprint density at radius 2 is 2.00 bits per heavy atom. The Kier molecular flexibility index (Phi) is 3.29. The lowest BCUT2D eigenvalue weighted by atomic mass is 9.88. The number of fused-ring (bicyclic) bond motifs is 2. The fraction of sp³-hybridized carbons (Fsp3) is 0.176. The number of hydrogen-bond donors (Lipinski definition) is 1. The molecule has 2 heterocycles. The molecule has 0 fully saturated rings. The molecule has 8 heteroatoms. The molecule has 25 heavy (non-hydrogen) atoms. The molecular weight excluding hydrogens is 398 g/mol. The third-order valence-electron chi connectivity index (χ3n) is 4.34. The van der Waals surface area contributed by atoms with Crippen molar-refractivity contribution in [1.29, 1.82) is 0 Å². The highest BCUT2D eigenvalue weighted by atomic mass is 79.9. The third kappa shape index (κ3) is 2.01. The fourth-order valence-corrected chi connectivity index (χ4v) is 3.38. The smallest absolute Gasteiger partial charge is 0.363 e. The quantitative estimate of drug-likeness (QED) is 0.703. The summed E-state index contributed by atoms with van der Waals surface area (Å²) in [7, 11) is 1.33. The van der Waals surface area contributed by atoms with Gasteiger partial charge in [0.15, 0.2) is 5.58 Å². The molecule has 0 spiro atoms. The maximum Gasteiger partial charge on any atom is 0.363 e. The SMILES string of the molecule is CN1C(=O)C(O)(C(F)(F)c2nc3ccccc3o2)c2cc(Br)ccc21. The Morgan fingerprint density at radius 3 is 2.72 bits per heavy atom. The number of halogens is 3. The summed E-state index contributed by atoms with van der Waals surface area (Å²) >= 11 is 3.18. The van der Waals surface area contributed by atoms with E-state index in [9.17, 15) is 9.90 Å². The predicted molar refractivity (Wildman–Crippen MR) is 89.4 cm³/mol. The van der Waals surface area contributed by atoms with E-state index in [1.807, 2.05) is 0 Å². The van der Waals surface area contributed by atoms with Crippen LogP contribution in [-0.4, -0.2) is 23.0 Å². The number of oxazole rings is 1. The van der Waals surface area contributed by atoms with Crippen LogP contribution in [0.4, 0.5) is 14.5 Å². The van der Waals surface area contributed by atoms with Gasteiger partial charge in [-0.3, -0.25) is 4.79 Å². The number of carbonyl (C=O) groups is 1. The number of anilines is 1. The highest BCUT2D eigenvalue weighted by molar-refractivity contribution is 9.10. The van der Waals surface area contributed by atoms with Gasteiger partial charge in [-0.05, 0) is 30.3 Å². The largest absolute Gasteiger partial charge is 0.435 e.